The van der Waals surface area contributed by atoms with Crippen molar-refractivity contribution >= 4 is 17.6 Å². The highest BCUT2D eigenvalue weighted by Gasteiger charge is 2.36. The number of nitrogens with two attached hydrogens (primary N) is 1. The van der Waals surface area contributed by atoms with E-state index in [1.54, 1.807) is 32.9 Å². The second-order valence-electron chi connectivity index (χ2n) is 5.24. The van der Waals surface area contributed by atoms with Gasteiger partial charge in [-0.3, -0.25) is 4.79 Å². The summed E-state index contributed by atoms with van der Waals surface area (Å²) in [7, 11) is 0. The minimum Gasteiger partial charge on any atom is -0.480 e. The minimum absolute atomic E-state index is 0.156. The van der Waals surface area contributed by atoms with Crippen molar-refractivity contribution in [3.8, 4) is 0 Å². The van der Waals surface area contributed by atoms with Gasteiger partial charge in [0.15, 0.2) is 0 Å². The number of benzene rings is 1. The summed E-state index contributed by atoms with van der Waals surface area (Å²) < 4.78 is 0. The van der Waals surface area contributed by atoms with Crippen LogP contribution in [0, 0.1) is 0 Å². The Labute approximate surface area is 119 Å². The quantitative estimate of drug-likeness (QED) is 0.779. The molecule has 0 spiro atoms. The fourth-order valence-corrected chi connectivity index (χ4v) is 2.07. The fraction of sp³-hybridized carbons (Fsp3) is 0.467. The number of carboxylic acid groups (broad SMARTS) is 1. The highest BCUT2D eigenvalue weighted by atomic mass is 16.4. The van der Waals surface area contributed by atoms with E-state index in [4.69, 9.17) is 5.73 Å². The van der Waals surface area contributed by atoms with Crippen LogP contribution in [0.2, 0.25) is 0 Å². The van der Waals surface area contributed by atoms with Crippen LogP contribution in [0.1, 0.15) is 32.8 Å². The number of hydrogen-bond acceptors (Lipinski definition) is 3. The molecule has 0 saturated carbocycles. The lowest BCUT2D eigenvalue weighted by molar-refractivity contribution is -0.156. The third-order valence-electron chi connectivity index (χ3n) is 3.42. The number of hydrogen-bond donors (Lipinski definition) is 2. The molecule has 0 radical (unpaired) electrons. The van der Waals surface area contributed by atoms with Gasteiger partial charge in [-0.05, 0) is 44.9 Å². The molecule has 1 aromatic carbocycles. The van der Waals surface area contributed by atoms with Crippen molar-refractivity contribution in [2.24, 2.45) is 0 Å². The van der Waals surface area contributed by atoms with Gasteiger partial charge in [-0.2, -0.15) is 0 Å². The van der Waals surface area contributed by atoms with Crippen molar-refractivity contribution in [2.75, 3.05) is 12.3 Å². The molecule has 0 unspecified atom stereocenters. The third kappa shape index (κ3) is 3.73. The third-order valence-corrected chi connectivity index (χ3v) is 3.42. The molecule has 5 nitrogen and oxygen atoms in total. The largest absolute Gasteiger partial charge is 0.480 e. The molecule has 1 amide bonds. The van der Waals surface area contributed by atoms with Crippen molar-refractivity contribution < 1.29 is 14.7 Å². The van der Waals surface area contributed by atoms with Crippen LogP contribution in [0.5, 0.6) is 0 Å². The zero-order valence-electron chi connectivity index (χ0n) is 12.2. The van der Waals surface area contributed by atoms with Crippen LogP contribution in [0.3, 0.4) is 0 Å². The Balaban J connectivity index is 2.69. The number of rotatable bonds is 6. The fourth-order valence-electron chi connectivity index (χ4n) is 2.07. The molecular weight excluding hydrogens is 256 g/mol. The number of nitrogen functional groups attached to an aromatic ring is 1. The summed E-state index contributed by atoms with van der Waals surface area (Å²) in [6, 6.07) is 7.33. The average Bonchev–Trinajstić information content (AvgIpc) is 2.38. The van der Waals surface area contributed by atoms with Gasteiger partial charge in [0.25, 0.3) is 0 Å². The van der Waals surface area contributed by atoms with E-state index < -0.39 is 11.5 Å². The minimum atomic E-state index is -1.19. The van der Waals surface area contributed by atoms with E-state index in [1.807, 2.05) is 12.1 Å². The normalized spacial score (nSPS) is 11.2. The lowest BCUT2D eigenvalue weighted by atomic mass is 10.0. The molecule has 0 fully saturated rings. The van der Waals surface area contributed by atoms with Gasteiger partial charge in [-0.1, -0.05) is 12.1 Å². The summed E-state index contributed by atoms with van der Waals surface area (Å²) in [5.74, 6) is -1.16. The van der Waals surface area contributed by atoms with Crippen LogP contribution >= 0.6 is 0 Å². The zero-order valence-corrected chi connectivity index (χ0v) is 12.2. The van der Waals surface area contributed by atoms with E-state index in [-0.39, 0.29) is 12.3 Å². The van der Waals surface area contributed by atoms with E-state index in [0.29, 0.717) is 18.7 Å². The Morgan fingerprint density at radius 1 is 1.25 bits per heavy atom. The maximum atomic E-state index is 12.2. The molecule has 0 heterocycles. The molecule has 0 atom stereocenters. The van der Waals surface area contributed by atoms with E-state index >= 15 is 0 Å². The summed E-state index contributed by atoms with van der Waals surface area (Å²) in [6.07, 6.45) is 0.861. The summed E-state index contributed by atoms with van der Waals surface area (Å²) in [5.41, 5.74) is 6.11. The Kier molecular flexibility index (Phi) is 5.13. The van der Waals surface area contributed by atoms with Gasteiger partial charge in [-0.15, -0.1) is 0 Å². The molecule has 5 heteroatoms. The van der Waals surface area contributed by atoms with Crippen LogP contribution in [0.4, 0.5) is 5.69 Å². The number of carboxylic acids is 1. The molecule has 3 N–H and O–H groups in total. The molecule has 20 heavy (non-hydrogen) atoms. The first-order chi connectivity index (χ1) is 9.28. The molecule has 110 valence electrons. The maximum absolute atomic E-state index is 12.2. The van der Waals surface area contributed by atoms with Gasteiger partial charge in [0.2, 0.25) is 5.91 Å². The molecule has 0 aliphatic heterocycles. The molecule has 1 rings (SSSR count). The Bertz CT molecular complexity index is 480. The Morgan fingerprint density at radius 3 is 2.25 bits per heavy atom. The summed E-state index contributed by atoms with van der Waals surface area (Å²) in [4.78, 5) is 24.8. The standard InChI is InChI=1S/C15H22N2O3/c1-4-17(15(2,3)14(19)20)13(18)10-7-11-5-8-12(16)9-6-11/h5-6,8-9H,4,7,10,16H2,1-3H3,(H,19,20). The SMILES string of the molecule is CCN(C(=O)CCc1ccc(N)cc1)C(C)(C)C(=O)O. The van der Waals surface area contributed by atoms with Crippen molar-refractivity contribution in [1.82, 2.24) is 4.90 Å². The lowest BCUT2D eigenvalue weighted by Crippen LogP contribution is -2.52. The van der Waals surface area contributed by atoms with Crippen LogP contribution in [-0.4, -0.2) is 34.0 Å². The number of likely N-dealkylation sites (N-methyl/N-ethyl adjacent to an activating group) is 1. The van der Waals surface area contributed by atoms with Gasteiger partial charge in [-0.25, -0.2) is 4.79 Å². The van der Waals surface area contributed by atoms with Gasteiger partial charge in [0, 0.05) is 18.7 Å². The van der Waals surface area contributed by atoms with Crippen LogP contribution in [0.15, 0.2) is 24.3 Å². The molecule has 0 aromatic heterocycles. The van der Waals surface area contributed by atoms with Gasteiger partial charge in [0.1, 0.15) is 5.54 Å². The number of anilines is 1. The van der Waals surface area contributed by atoms with E-state index in [0.717, 1.165) is 5.56 Å². The van der Waals surface area contributed by atoms with Crippen molar-refractivity contribution in [2.45, 2.75) is 39.2 Å². The van der Waals surface area contributed by atoms with Gasteiger partial charge < -0.3 is 15.7 Å². The van der Waals surface area contributed by atoms with Gasteiger partial charge in [0.05, 0.1) is 0 Å². The first-order valence-corrected chi connectivity index (χ1v) is 6.67. The first kappa shape index (κ1) is 16.0. The molecule has 0 bridgehead atoms. The monoisotopic (exact) mass is 278 g/mol. The second-order valence-corrected chi connectivity index (χ2v) is 5.24. The second kappa shape index (κ2) is 6.41. The number of aryl methyl sites for hydroxylation is 1. The highest BCUT2D eigenvalue weighted by molar-refractivity contribution is 5.86. The number of aliphatic carboxylic acids is 1. The number of carbonyl (C=O) groups is 2. The maximum Gasteiger partial charge on any atom is 0.329 e. The van der Waals surface area contributed by atoms with Crippen LogP contribution in [0.25, 0.3) is 0 Å². The van der Waals surface area contributed by atoms with E-state index in [2.05, 4.69) is 0 Å². The van der Waals surface area contributed by atoms with E-state index in [1.165, 1.54) is 4.90 Å². The Hall–Kier alpha value is -2.04. The van der Waals surface area contributed by atoms with Crippen molar-refractivity contribution in [3.05, 3.63) is 29.8 Å². The molecule has 0 saturated heterocycles. The molecular formula is C15H22N2O3. The highest BCUT2D eigenvalue weighted by Crippen LogP contribution is 2.17. The first-order valence-electron chi connectivity index (χ1n) is 6.67. The number of nitrogens with zero attached hydrogens (tertiary/aromatic N) is 1. The number of carbonyl (C=O) groups excluding carboxylic acids is 1. The zero-order chi connectivity index (χ0) is 15.3. The van der Waals surface area contributed by atoms with Crippen molar-refractivity contribution in [1.29, 1.82) is 0 Å². The van der Waals surface area contributed by atoms with Crippen LogP contribution in [-0.2, 0) is 16.0 Å². The molecule has 0 aliphatic carbocycles. The average molecular weight is 278 g/mol. The van der Waals surface area contributed by atoms with Gasteiger partial charge >= 0.3 is 5.97 Å². The summed E-state index contributed by atoms with van der Waals surface area (Å²) >= 11 is 0. The summed E-state index contributed by atoms with van der Waals surface area (Å²) in [5, 5.41) is 9.20. The molecule has 0 aliphatic rings. The molecule has 1 aromatic rings. The summed E-state index contributed by atoms with van der Waals surface area (Å²) in [6.45, 7) is 5.24. The lowest BCUT2D eigenvalue weighted by Gasteiger charge is -2.34. The van der Waals surface area contributed by atoms with E-state index in [9.17, 15) is 14.7 Å². The smallest absolute Gasteiger partial charge is 0.329 e. The van der Waals surface area contributed by atoms with Crippen LogP contribution < -0.4 is 5.73 Å². The van der Waals surface area contributed by atoms with Crippen molar-refractivity contribution in [3.63, 3.8) is 0 Å². The Morgan fingerprint density at radius 2 is 1.80 bits per heavy atom. The predicted octanol–water partition coefficient (Wildman–Crippen LogP) is 1.91. The number of amides is 1. The predicted molar refractivity (Wildman–Crippen MR) is 78.3 cm³/mol. The topological polar surface area (TPSA) is 83.6 Å².